The van der Waals surface area contributed by atoms with Crippen LogP contribution in [0.3, 0.4) is 0 Å². The Morgan fingerprint density at radius 1 is 0.889 bits per heavy atom. The van der Waals surface area contributed by atoms with Crippen molar-refractivity contribution in [3.8, 4) is 11.1 Å². The van der Waals surface area contributed by atoms with Crippen molar-refractivity contribution in [2.75, 3.05) is 6.54 Å². The van der Waals surface area contributed by atoms with Crippen LogP contribution in [0.25, 0.3) is 22.1 Å². The van der Waals surface area contributed by atoms with Gasteiger partial charge in [-0.2, -0.15) is 4.31 Å². The molecule has 0 spiro atoms. The maximum absolute atomic E-state index is 13.6. The molecular formula is C37H37NO6S. The van der Waals surface area contributed by atoms with Crippen molar-refractivity contribution < 1.29 is 27.5 Å². The van der Waals surface area contributed by atoms with Crippen LogP contribution in [0.5, 0.6) is 0 Å². The first-order valence-electron chi connectivity index (χ1n) is 15.4. The third kappa shape index (κ3) is 6.73. The van der Waals surface area contributed by atoms with E-state index < -0.39 is 28.1 Å². The number of carbonyl (C=O) groups is 1. The molecule has 1 aliphatic rings. The van der Waals surface area contributed by atoms with Crippen molar-refractivity contribution in [3.63, 3.8) is 0 Å². The molecule has 0 saturated carbocycles. The van der Waals surface area contributed by atoms with E-state index in [1.54, 1.807) is 24.3 Å². The standard InChI is InChI=1S/C37H37NO6S/c1-2-3-12-36-33(32-11-7-8-13-35(32)44-36)22-26-14-16-28(17-15-26)29-18-20-31(21-19-29)45(41,42)38-24-30(23-34(38)37(39)40)43-25-27-9-5-4-6-10-27/h4-11,13-21,30,34H,2-3,12,22-25H2,1H3,(H,39,40)/t30?,34-/m0/s1. The minimum atomic E-state index is -4.05. The van der Waals surface area contributed by atoms with Crippen molar-refractivity contribution in [3.05, 3.63) is 126 Å². The Bertz CT molecular complexity index is 1860. The second-order valence-corrected chi connectivity index (χ2v) is 13.5. The molecule has 1 N–H and O–H groups in total. The second-order valence-electron chi connectivity index (χ2n) is 11.6. The van der Waals surface area contributed by atoms with Gasteiger partial charge in [-0.1, -0.05) is 98.3 Å². The number of fused-ring (bicyclic) bond motifs is 1. The van der Waals surface area contributed by atoms with E-state index in [2.05, 4.69) is 25.1 Å². The Hall–Kier alpha value is -4.24. The molecule has 232 valence electrons. The SMILES string of the molecule is CCCCc1oc2ccccc2c1Cc1ccc(-c2ccc(S(=O)(=O)N3CC(OCc4ccccc4)C[C@H]3C(=O)O)cc2)cc1. The van der Waals surface area contributed by atoms with Crippen LogP contribution >= 0.6 is 0 Å². The highest BCUT2D eigenvalue weighted by Gasteiger charge is 2.44. The smallest absolute Gasteiger partial charge is 0.322 e. The average Bonchev–Trinajstić information content (AvgIpc) is 3.66. The van der Waals surface area contributed by atoms with Crippen LogP contribution < -0.4 is 0 Å². The monoisotopic (exact) mass is 623 g/mol. The number of hydrogen-bond acceptors (Lipinski definition) is 5. The molecule has 0 radical (unpaired) electrons. The number of rotatable bonds is 12. The van der Waals surface area contributed by atoms with Gasteiger partial charge in [-0.05, 0) is 46.9 Å². The molecule has 1 aromatic heterocycles. The van der Waals surface area contributed by atoms with E-state index in [4.69, 9.17) is 9.15 Å². The molecule has 45 heavy (non-hydrogen) atoms. The van der Waals surface area contributed by atoms with Crippen molar-refractivity contribution in [1.29, 1.82) is 0 Å². The van der Waals surface area contributed by atoms with E-state index in [1.165, 1.54) is 11.1 Å². The Labute approximate surface area is 264 Å². The topological polar surface area (TPSA) is 97.0 Å². The zero-order chi connectivity index (χ0) is 31.4. The summed E-state index contributed by atoms with van der Waals surface area (Å²) in [7, 11) is -4.05. The predicted molar refractivity (Wildman–Crippen MR) is 174 cm³/mol. The number of ether oxygens (including phenoxy) is 1. The number of aryl methyl sites for hydroxylation is 1. The molecule has 1 unspecified atom stereocenters. The Balaban J connectivity index is 1.16. The highest BCUT2D eigenvalue weighted by Crippen LogP contribution is 2.32. The van der Waals surface area contributed by atoms with E-state index in [0.717, 1.165) is 63.4 Å². The summed E-state index contributed by atoms with van der Waals surface area (Å²) in [6.45, 7) is 2.46. The lowest BCUT2D eigenvalue weighted by Crippen LogP contribution is -2.40. The zero-order valence-electron chi connectivity index (χ0n) is 25.3. The molecule has 6 rings (SSSR count). The molecule has 7 nitrogen and oxygen atoms in total. The second kappa shape index (κ2) is 13.4. The molecule has 1 saturated heterocycles. The fourth-order valence-corrected chi connectivity index (χ4v) is 7.65. The number of carboxylic acid groups (broad SMARTS) is 1. The van der Waals surface area contributed by atoms with Gasteiger partial charge in [0.1, 0.15) is 17.4 Å². The molecule has 0 amide bonds. The van der Waals surface area contributed by atoms with Crippen LogP contribution in [-0.2, 0) is 39.0 Å². The molecule has 0 bridgehead atoms. The number of carboxylic acids is 1. The van der Waals surface area contributed by atoms with Crippen molar-refractivity contribution in [2.45, 2.75) is 62.7 Å². The van der Waals surface area contributed by atoms with Crippen LogP contribution in [0.15, 0.2) is 112 Å². The van der Waals surface area contributed by atoms with Gasteiger partial charge in [0.15, 0.2) is 0 Å². The summed E-state index contributed by atoms with van der Waals surface area (Å²) in [5, 5.41) is 11.0. The summed E-state index contributed by atoms with van der Waals surface area (Å²) in [4.78, 5) is 12.1. The molecule has 0 aliphatic carbocycles. The van der Waals surface area contributed by atoms with E-state index in [1.807, 2.05) is 60.7 Å². The minimum absolute atomic E-state index is 0.0124. The number of hydrogen-bond donors (Lipinski definition) is 1. The summed E-state index contributed by atoms with van der Waals surface area (Å²) in [5.74, 6) is -0.127. The highest BCUT2D eigenvalue weighted by atomic mass is 32.2. The largest absolute Gasteiger partial charge is 0.480 e. The summed E-state index contributed by atoms with van der Waals surface area (Å²) in [6.07, 6.45) is 3.45. The Kier molecular flexibility index (Phi) is 9.16. The van der Waals surface area contributed by atoms with Crippen LogP contribution in [0.4, 0.5) is 0 Å². The molecule has 1 aliphatic heterocycles. The van der Waals surface area contributed by atoms with Gasteiger partial charge in [0.05, 0.1) is 17.6 Å². The van der Waals surface area contributed by atoms with E-state index in [9.17, 15) is 18.3 Å². The molecule has 2 atom stereocenters. The zero-order valence-corrected chi connectivity index (χ0v) is 26.1. The van der Waals surface area contributed by atoms with Gasteiger partial charge >= 0.3 is 5.97 Å². The van der Waals surface area contributed by atoms with E-state index >= 15 is 0 Å². The quantitative estimate of drug-likeness (QED) is 0.155. The van der Waals surface area contributed by atoms with Crippen molar-refractivity contribution in [1.82, 2.24) is 4.31 Å². The molecule has 2 heterocycles. The lowest BCUT2D eigenvalue weighted by Gasteiger charge is -2.21. The summed E-state index contributed by atoms with van der Waals surface area (Å²) in [5.41, 5.74) is 6.10. The molecule has 4 aromatic carbocycles. The van der Waals surface area contributed by atoms with E-state index in [-0.39, 0.29) is 24.5 Å². The minimum Gasteiger partial charge on any atom is -0.480 e. The fraction of sp³-hybridized carbons (Fsp3) is 0.270. The third-order valence-corrected chi connectivity index (χ3v) is 10.4. The molecule has 1 fully saturated rings. The first kappa shape index (κ1) is 30.8. The number of benzene rings is 4. The summed E-state index contributed by atoms with van der Waals surface area (Å²) in [6, 6.07) is 31.4. The normalized spacial score (nSPS) is 17.2. The average molecular weight is 624 g/mol. The maximum Gasteiger partial charge on any atom is 0.322 e. The fourth-order valence-electron chi connectivity index (χ4n) is 6.02. The lowest BCUT2D eigenvalue weighted by atomic mass is 9.97. The molecule has 8 heteroatoms. The van der Waals surface area contributed by atoms with Gasteiger partial charge in [0.25, 0.3) is 0 Å². The third-order valence-electron chi connectivity index (χ3n) is 8.50. The number of sulfonamides is 1. The predicted octanol–water partition coefficient (Wildman–Crippen LogP) is 7.47. The van der Waals surface area contributed by atoms with Crippen LogP contribution in [0.1, 0.15) is 48.6 Å². The number of aliphatic carboxylic acids is 1. The first-order valence-corrected chi connectivity index (χ1v) is 16.9. The number of para-hydroxylation sites is 1. The van der Waals surface area contributed by atoms with Crippen LogP contribution in [0.2, 0.25) is 0 Å². The molecule has 5 aromatic rings. The summed E-state index contributed by atoms with van der Waals surface area (Å²) >= 11 is 0. The number of furan rings is 1. The van der Waals surface area contributed by atoms with Gasteiger partial charge in [0.2, 0.25) is 10.0 Å². The number of unbranched alkanes of at least 4 members (excludes halogenated alkanes) is 1. The van der Waals surface area contributed by atoms with Crippen molar-refractivity contribution >= 4 is 27.0 Å². The van der Waals surface area contributed by atoms with Gasteiger partial charge in [-0.15, -0.1) is 0 Å². The first-order chi connectivity index (χ1) is 21.8. The maximum atomic E-state index is 13.6. The highest BCUT2D eigenvalue weighted by molar-refractivity contribution is 7.89. The summed E-state index contributed by atoms with van der Waals surface area (Å²) < 4.78 is 40.4. The van der Waals surface area contributed by atoms with E-state index in [0.29, 0.717) is 0 Å². The molecular weight excluding hydrogens is 586 g/mol. The van der Waals surface area contributed by atoms with Gasteiger partial charge < -0.3 is 14.3 Å². The van der Waals surface area contributed by atoms with Crippen molar-refractivity contribution in [2.24, 2.45) is 0 Å². The lowest BCUT2D eigenvalue weighted by molar-refractivity contribution is -0.140. The Morgan fingerprint density at radius 2 is 1.56 bits per heavy atom. The number of nitrogens with zero attached hydrogens (tertiary/aromatic N) is 1. The Morgan fingerprint density at radius 3 is 2.24 bits per heavy atom. The van der Waals surface area contributed by atoms with Gasteiger partial charge in [0, 0.05) is 36.8 Å². The van der Waals surface area contributed by atoms with Crippen LogP contribution in [0, 0.1) is 0 Å². The van der Waals surface area contributed by atoms with Gasteiger partial charge in [-0.3, -0.25) is 4.79 Å². The van der Waals surface area contributed by atoms with Gasteiger partial charge in [-0.25, -0.2) is 8.42 Å². The van der Waals surface area contributed by atoms with Crippen LogP contribution in [-0.4, -0.2) is 42.5 Å².